The summed E-state index contributed by atoms with van der Waals surface area (Å²) < 4.78 is 26.8. The fraction of sp³-hybridized carbons (Fsp3) is 0.483. The first-order chi connectivity index (χ1) is 17.5. The van der Waals surface area contributed by atoms with Crippen LogP contribution in [0.3, 0.4) is 0 Å². The van der Waals surface area contributed by atoms with Crippen molar-refractivity contribution in [3.63, 3.8) is 0 Å². The van der Waals surface area contributed by atoms with E-state index >= 15 is 0 Å². The minimum Gasteiger partial charge on any atom is -0.330 e. The number of halogens is 2. The van der Waals surface area contributed by atoms with Crippen molar-refractivity contribution in [2.75, 3.05) is 19.3 Å². The van der Waals surface area contributed by atoms with E-state index in [0.717, 1.165) is 24.0 Å². The fourth-order valence-electron chi connectivity index (χ4n) is 5.91. The third-order valence-electron chi connectivity index (χ3n) is 7.92. The van der Waals surface area contributed by atoms with Crippen LogP contribution in [0.4, 0.5) is 0 Å². The zero-order chi connectivity index (χ0) is 27.0. The number of carbonyl (C=O) groups excluding carboxylic acids is 1. The average Bonchev–Trinajstić information content (AvgIpc) is 3.67. The van der Waals surface area contributed by atoms with Gasteiger partial charge in [0.1, 0.15) is 0 Å². The van der Waals surface area contributed by atoms with Crippen LogP contribution in [-0.4, -0.2) is 48.9 Å². The molecule has 8 heteroatoms. The molecule has 2 aromatic carbocycles. The molecule has 4 unspecified atom stereocenters. The Bertz CT molecular complexity index is 1250. The summed E-state index contributed by atoms with van der Waals surface area (Å²) in [5.74, 6) is 0.254. The topological polar surface area (TPSA) is 57.7 Å². The molecule has 1 amide bonds. The van der Waals surface area contributed by atoms with E-state index in [1.165, 1.54) is 10.6 Å². The Labute approximate surface area is 231 Å². The SMILES string of the molecule is C=CCC1(C)CC(c2cccc(Cl)c2)C(c2ccc(Cl)cc2)N(C(CN(CC)S(C)(=O)=O)C2CC2)C1=O. The van der Waals surface area contributed by atoms with Crippen LogP contribution < -0.4 is 0 Å². The second kappa shape index (κ2) is 11.1. The first kappa shape index (κ1) is 28.2. The van der Waals surface area contributed by atoms with Gasteiger partial charge in [0, 0.05) is 35.1 Å². The molecule has 1 saturated carbocycles. The lowest BCUT2D eigenvalue weighted by Crippen LogP contribution is -2.58. The van der Waals surface area contributed by atoms with Crippen LogP contribution in [0.1, 0.15) is 62.6 Å². The highest BCUT2D eigenvalue weighted by Crippen LogP contribution is 2.54. The number of carbonyl (C=O) groups is 1. The number of piperidine rings is 1. The molecule has 4 atom stereocenters. The van der Waals surface area contributed by atoms with Gasteiger partial charge < -0.3 is 4.90 Å². The lowest BCUT2D eigenvalue weighted by atomic mass is 9.67. The van der Waals surface area contributed by atoms with E-state index < -0.39 is 15.4 Å². The van der Waals surface area contributed by atoms with Gasteiger partial charge in [-0.3, -0.25) is 4.79 Å². The quantitative estimate of drug-likeness (QED) is 0.303. The van der Waals surface area contributed by atoms with Crippen molar-refractivity contribution < 1.29 is 13.2 Å². The Morgan fingerprint density at radius 3 is 2.35 bits per heavy atom. The van der Waals surface area contributed by atoms with Gasteiger partial charge in [0.05, 0.1) is 17.7 Å². The van der Waals surface area contributed by atoms with E-state index in [0.29, 0.717) is 29.4 Å². The minimum absolute atomic E-state index is 0.0444. The summed E-state index contributed by atoms with van der Waals surface area (Å²) in [4.78, 5) is 16.5. The summed E-state index contributed by atoms with van der Waals surface area (Å²) in [6, 6.07) is 15.0. The Balaban J connectivity index is 1.91. The third-order valence-corrected chi connectivity index (χ3v) is 9.75. The molecule has 0 bridgehead atoms. The molecule has 37 heavy (non-hydrogen) atoms. The molecule has 2 aromatic rings. The summed E-state index contributed by atoms with van der Waals surface area (Å²) in [6.45, 7) is 8.44. The minimum atomic E-state index is -3.43. The molecular formula is C29H36Cl2N2O3S. The zero-order valence-corrected chi connectivity index (χ0v) is 24.1. The number of hydrogen-bond acceptors (Lipinski definition) is 3. The predicted molar refractivity (Wildman–Crippen MR) is 151 cm³/mol. The smallest absolute Gasteiger partial charge is 0.229 e. The lowest BCUT2D eigenvalue weighted by Gasteiger charge is -2.52. The predicted octanol–water partition coefficient (Wildman–Crippen LogP) is 6.69. The van der Waals surface area contributed by atoms with E-state index in [9.17, 15) is 13.2 Å². The summed E-state index contributed by atoms with van der Waals surface area (Å²) in [5, 5.41) is 1.27. The highest BCUT2D eigenvalue weighted by molar-refractivity contribution is 7.88. The number of likely N-dealkylation sites (N-methyl/N-ethyl adjacent to an activating group) is 1. The van der Waals surface area contributed by atoms with Gasteiger partial charge in [0.15, 0.2) is 0 Å². The average molecular weight is 564 g/mol. The van der Waals surface area contributed by atoms with E-state index in [2.05, 4.69) is 12.6 Å². The molecule has 5 nitrogen and oxygen atoms in total. The third kappa shape index (κ3) is 6.08. The van der Waals surface area contributed by atoms with Gasteiger partial charge in [-0.05, 0) is 67.0 Å². The second-order valence-corrected chi connectivity index (χ2v) is 13.6. The molecular weight excluding hydrogens is 527 g/mol. The Morgan fingerprint density at radius 1 is 1.14 bits per heavy atom. The molecule has 1 saturated heterocycles. The van der Waals surface area contributed by atoms with Crippen molar-refractivity contribution in [2.45, 2.75) is 57.5 Å². The Hall–Kier alpha value is -1.86. The van der Waals surface area contributed by atoms with Crippen LogP contribution in [0, 0.1) is 11.3 Å². The summed E-state index contributed by atoms with van der Waals surface area (Å²) in [6.07, 6.45) is 6.17. The molecule has 4 rings (SSSR count). The number of benzene rings is 2. The van der Waals surface area contributed by atoms with E-state index in [4.69, 9.17) is 23.2 Å². The standard InChI is InChI=1S/C29H36Cl2N2O3S/c1-5-16-29(3)18-25(22-8-7-9-24(31)17-22)27(21-12-14-23(30)15-13-21)33(28(29)34)26(20-10-11-20)19-32(6-2)37(4,35)36/h5,7-9,12-15,17,20,25-27H,1,6,10-11,16,18-19H2,2-4H3. The monoisotopic (exact) mass is 562 g/mol. The normalized spacial score (nSPS) is 25.4. The van der Waals surface area contributed by atoms with E-state index in [1.54, 1.807) is 0 Å². The van der Waals surface area contributed by atoms with Crippen molar-refractivity contribution in [3.8, 4) is 0 Å². The number of allylic oxidation sites excluding steroid dienone is 1. The second-order valence-electron chi connectivity index (χ2n) is 10.7. The molecule has 1 aliphatic heterocycles. The molecule has 200 valence electrons. The van der Waals surface area contributed by atoms with Crippen LogP contribution in [0.2, 0.25) is 10.0 Å². The Morgan fingerprint density at radius 2 is 1.81 bits per heavy atom. The van der Waals surface area contributed by atoms with Crippen LogP contribution in [0.5, 0.6) is 0 Å². The summed E-state index contributed by atoms with van der Waals surface area (Å²) >= 11 is 12.7. The van der Waals surface area contributed by atoms with Crippen LogP contribution in [-0.2, 0) is 14.8 Å². The van der Waals surface area contributed by atoms with Gasteiger partial charge in [-0.15, -0.1) is 6.58 Å². The lowest BCUT2D eigenvalue weighted by molar-refractivity contribution is -0.155. The van der Waals surface area contributed by atoms with Crippen LogP contribution >= 0.6 is 23.2 Å². The molecule has 1 aliphatic carbocycles. The number of nitrogens with zero attached hydrogens (tertiary/aromatic N) is 2. The first-order valence-corrected chi connectivity index (χ1v) is 15.5. The molecule has 0 N–H and O–H groups in total. The van der Waals surface area contributed by atoms with Crippen LogP contribution in [0.25, 0.3) is 0 Å². The van der Waals surface area contributed by atoms with Gasteiger partial charge >= 0.3 is 0 Å². The molecule has 0 radical (unpaired) electrons. The summed E-state index contributed by atoms with van der Waals surface area (Å²) in [5.41, 5.74) is 1.37. The number of hydrogen-bond donors (Lipinski definition) is 0. The largest absolute Gasteiger partial charge is 0.330 e. The fourth-order valence-corrected chi connectivity index (χ4v) is 7.12. The highest BCUT2D eigenvalue weighted by atomic mass is 35.5. The van der Waals surface area contributed by atoms with Gasteiger partial charge in [-0.2, -0.15) is 0 Å². The molecule has 1 heterocycles. The first-order valence-electron chi connectivity index (χ1n) is 12.9. The van der Waals surface area contributed by atoms with Crippen LogP contribution in [0.15, 0.2) is 61.2 Å². The molecule has 0 spiro atoms. The van der Waals surface area contributed by atoms with E-state index in [1.807, 2.05) is 67.3 Å². The van der Waals surface area contributed by atoms with Gasteiger partial charge in [0.2, 0.25) is 15.9 Å². The molecule has 2 aliphatic rings. The maximum atomic E-state index is 14.5. The summed E-state index contributed by atoms with van der Waals surface area (Å²) in [7, 11) is -3.43. The van der Waals surface area contributed by atoms with Crippen molar-refractivity contribution in [1.29, 1.82) is 0 Å². The number of rotatable bonds is 10. The molecule has 0 aromatic heterocycles. The number of amides is 1. The van der Waals surface area contributed by atoms with Gasteiger partial charge in [-0.25, -0.2) is 12.7 Å². The van der Waals surface area contributed by atoms with Crippen molar-refractivity contribution >= 4 is 39.1 Å². The maximum absolute atomic E-state index is 14.5. The maximum Gasteiger partial charge on any atom is 0.229 e. The molecule has 2 fully saturated rings. The number of likely N-dealkylation sites (tertiary alicyclic amines) is 1. The highest BCUT2D eigenvalue weighted by Gasteiger charge is 2.53. The van der Waals surface area contributed by atoms with Crippen molar-refractivity contribution in [1.82, 2.24) is 9.21 Å². The van der Waals surface area contributed by atoms with Crippen molar-refractivity contribution in [2.24, 2.45) is 11.3 Å². The zero-order valence-electron chi connectivity index (χ0n) is 21.7. The van der Waals surface area contributed by atoms with Crippen molar-refractivity contribution in [3.05, 3.63) is 82.4 Å². The Kier molecular flexibility index (Phi) is 8.44. The van der Waals surface area contributed by atoms with E-state index in [-0.39, 0.29) is 36.4 Å². The number of sulfonamides is 1. The van der Waals surface area contributed by atoms with Gasteiger partial charge in [0.25, 0.3) is 0 Å². The van der Waals surface area contributed by atoms with Gasteiger partial charge in [-0.1, -0.05) is 67.4 Å².